The zero-order valence-electron chi connectivity index (χ0n) is 14.6. The third kappa shape index (κ3) is 3.72. The Balaban J connectivity index is 2.67. The molecule has 6 nitrogen and oxygen atoms in total. The van der Waals surface area contributed by atoms with Crippen molar-refractivity contribution in [2.75, 3.05) is 7.11 Å². The third-order valence-electron chi connectivity index (χ3n) is 3.78. The van der Waals surface area contributed by atoms with Crippen LogP contribution in [0.1, 0.15) is 32.3 Å². The van der Waals surface area contributed by atoms with Gasteiger partial charge in [0.2, 0.25) is 0 Å². The first-order chi connectivity index (χ1) is 11.9. The highest BCUT2D eigenvalue weighted by molar-refractivity contribution is 6.00. The summed E-state index contributed by atoms with van der Waals surface area (Å²) in [6.45, 7) is 5.18. The lowest BCUT2D eigenvalue weighted by molar-refractivity contribution is -0.143. The lowest BCUT2D eigenvalue weighted by Crippen LogP contribution is -2.33. The maximum atomic E-state index is 12.7. The van der Waals surface area contributed by atoms with Crippen molar-refractivity contribution in [2.24, 2.45) is 0 Å². The number of esters is 2. The van der Waals surface area contributed by atoms with E-state index in [1.807, 2.05) is 12.1 Å². The van der Waals surface area contributed by atoms with E-state index in [4.69, 9.17) is 9.47 Å². The molecule has 2 rings (SSSR count). The van der Waals surface area contributed by atoms with Gasteiger partial charge in [0.1, 0.15) is 11.8 Å². The minimum absolute atomic E-state index is 0.0688. The molecule has 6 heteroatoms. The Morgan fingerprint density at radius 1 is 1.16 bits per heavy atom. The Labute approximate surface area is 146 Å². The van der Waals surface area contributed by atoms with E-state index in [1.165, 1.54) is 7.11 Å². The van der Waals surface area contributed by atoms with Crippen molar-refractivity contribution < 1.29 is 19.1 Å². The van der Waals surface area contributed by atoms with Gasteiger partial charge in [-0.3, -0.25) is 0 Å². The number of hydrogen-bond acceptors (Lipinski definition) is 6. The first-order valence-electron chi connectivity index (χ1n) is 7.87. The molecule has 1 aromatic rings. The highest BCUT2D eigenvalue weighted by Crippen LogP contribution is 2.39. The molecule has 0 bridgehead atoms. The number of nitriles is 1. The SMILES string of the molecule is COC(=O)C1=C(C#N)NC(C)=C(C(=O)OC(C)C)C1c1ccccc1. The zero-order valence-corrected chi connectivity index (χ0v) is 14.6. The van der Waals surface area contributed by atoms with E-state index in [0.29, 0.717) is 16.8 Å². The van der Waals surface area contributed by atoms with E-state index in [1.54, 1.807) is 45.0 Å². The van der Waals surface area contributed by atoms with Crippen molar-refractivity contribution in [3.8, 4) is 6.07 Å². The van der Waals surface area contributed by atoms with Crippen molar-refractivity contribution in [3.63, 3.8) is 0 Å². The Kier molecular flexibility index (Phi) is 5.60. The smallest absolute Gasteiger partial charge is 0.337 e. The summed E-state index contributed by atoms with van der Waals surface area (Å²) >= 11 is 0. The van der Waals surface area contributed by atoms with Crippen molar-refractivity contribution in [1.82, 2.24) is 5.32 Å². The van der Waals surface area contributed by atoms with Crippen LogP contribution in [-0.4, -0.2) is 25.2 Å². The quantitative estimate of drug-likeness (QED) is 0.848. The van der Waals surface area contributed by atoms with Crippen LogP contribution in [0.2, 0.25) is 0 Å². The number of allylic oxidation sites excluding steroid dienone is 2. The topological polar surface area (TPSA) is 88.4 Å². The number of carbonyl (C=O) groups is 2. The highest BCUT2D eigenvalue weighted by atomic mass is 16.5. The van der Waals surface area contributed by atoms with Crippen LogP contribution in [0.4, 0.5) is 0 Å². The molecule has 1 aliphatic rings. The summed E-state index contributed by atoms with van der Waals surface area (Å²) in [5.74, 6) is -1.94. The van der Waals surface area contributed by atoms with Crippen molar-refractivity contribution in [2.45, 2.75) is 32.8 Å². The molecule has 1 unspecified atom stereocenters. The molecule has 0 saturated heterocycles. The maximum Gasteiger partial charge on any atom is 0.337 e. The van der Waals surface area contributed by atoms with Gasteiger partial charge in [0.05, 0.1) is 30.3 Å². The summed E-state index contributed by atoms with van der Waals surface area (Å²) in [6.07, 6.45) is -0.313. The fourth-order valence-electron chi connectivity index (χ4n) is 2.77. The van der Waals surface area contributed by atoms with Crippen molar-refractivity contribution >= 4 is 11.9 Å². The average molecular weight is 340 g/mol. The Morgan fingerprint density at radius 3 is 2.32 bits per heavy atom. The second-order valence-corrected chi connectivity index (χ2v) is 5.85. The van der Waals surface area contributed by atoms with Gasteiger partial charge in [-0.25, -0.2) is 9.59 Å². The summed E-state index contributed by atoms with van der Waals surface area (Å²) in [6, 6.07) is 11.0. The van der Waals surface area contributed by atoms with Gasteiger partial charge < -0.3 is 14.8 Å². The molecule has 130 valence electrons. The summed E-state index contributed by atoms with van der Waals surface area (Å²) in [4.78, 5) is 25.0. The summed E-state index contributed by atoms with van der Waals surface area (Å²) in [5.41, 5.74) is 1.63. The molecular formula is C19H20N2O4. The van der Waals surface area contributed by atoms with E-state index in [0.717, 1.165) is 0 Å². The summed E-state index contributed by atoms with van der Waals surface area (Å²) < 4.78 is 10.2. The fourth-order valence-corrected chi connectivity index (χ4v) is 2.77. The predicted molar refractivity (Wildman–Crippen MR) is 90.9 cm³/mol. The second kappa shape index (κ2) is 7.67. The fraction of sp³-hybridized carbons (Fsp3) is 0.316. The molecular weight excluding hydrogens is 320 g/mol. The normalized spacial score (nSPS) is 17.0. The summed E-state index contributed by atoms with van der Waals surface area (Å²) in [5, 5.41) is 12.3. The molecule has 0 amide bonds. The Morgan fingerprint density at radius 2 is 1.80 bits per heavy atom. The van der Waals surface area contributed by atoms with Gasteiger partial charge in [-0.2, -0.15) is 5.26 Å². The average Bonchev–Trinajstić information content (AvgIpc) is 2.59. The molecule has 0 aromatic heterocycles. The van der Waals surface area contributed by atoms with Gasteiger partial charge >= 0.3 is 11.9 Å². The second-order valence-electron chi connectivity index (χ2n) is 5.85. The Bertz CT molecular complexity index is 785. The minimum Gasteiger partial charge on any atom is -0.466 e. The molecule has 1 aromatic carbocycles. The van der Waals surface area contributed by atoms with Crippen molar-refractivity contribution in [3.05, 3.63) is 58.4 Å². The van der Waals surface area contributed by atoms with Gasteiger partial charge in [0.25, 0.3) is 0 Å². The van der Waals surface area contributed by atoms with Crippen LogP contribution in [0.25, 0.3) is 0 Å². The molecule has 0 radical (unpaired) electrons. The number of rotatable bonds is 4. The number of benzene rings is 1. The van der Waals surface area contributed by atoms with Crippen LogP contribution >= 0.6 is 0 Å². The largest absolute Gasteiger partial charge is 0.466 e. The first kappa shape index (κ1) is 18.3. The van der Waals surface area contributed by atoms with Gasteiger partial charge in [-0.1, -0.05) is 30.3 Å². The third-order valence-corrected chi connectivity index (χ3v) is 3.78. The monoisotopic (exact) mass is 340 g/mol. The van der Waals surface area contributed by atoms with Crippen LogP contribution in [0.15, 0.2) is 52.9 Å². The number of methoxy groups -OCH3 is 1. The molecule has 1 atom stereocenters. The number of nitrogens with zero attached hydrogens (tertiary/aromatic N) is 1. The molecule has 0 spiro atoms. The molecule has 1 heterocycles. The predicted octanol–water partition coefficient (Wildman–Crippen LogP) is 2.55. The van der Waals surface area contributed by atoms with Crippen molar-refractivity contribution in [1.29, 1.82) is 5.26 Å². The van der Waals surface area contributed by atoms with Crippen LogP contribution < -0.4 is 5.32 Å². The van der Waals surface area contributed by atoms with Crippen LogP contribution in [-0.2, 0) is 19.1 Å². The molecule has 25 heavy (non-hydrogen) atoms. The molecule has 0 aliphatic carbocycles. The molecule has 0 saturated carbocycles. The minimum atomic E-state index is -0.740. The van der Waals surface area contributed by atoms with E-state index >= 15 is 0 Å². The number of dihydropyridines is 1. The molecule has 0 fully saturated rings. The standard InChI is InChI=1S/C19H20N2O4/c1-11(2)25-19(23)15-12(3)21-14(10-20)17(18(22)24-4)16(15)13-8-6-5-7-9-13/h5-9,11,16,21H,1-4H3. The molecule has 1 aliphatic heterocycles. The molecule has 1 N–H and O–H groups in total. The summed E-state index contributed by atoms with van der Waals surface area (Å²) in [7, 11) is 1.24. The number of carbonyl (C=O) groups excluding carboxylic acids is 2. The van der Waals surface area contributed by atoms with E-state index in [-0.39, 0.29) is 17.4 Å². The lowest BCUT2D eigenvalue weighted by atomic mass is 9.80. The maximum absolute atomic E-state index is 12.7. The van der Waals surface area contributed by atoms with E-state index < -0.39 is 17.9 Å². The van der Waals surface area contributed by atoms with Crippen LogP contribution in [0.5, 0.6) is 0 Å². The van der Waals surface area contributed by atoms with Gasteiger partial charge in [-0.15, -0.1) is 0 Å². The van der Waals surface area contributed by atoms with E-state index in [2.05, 4.69) is 5.32 Å². The van der Waals surface area contributed by atoms with Crippen LogP contribution in [0.3, 0.4) is 0 Å². The van der Waals surface area contributed by atoms with E-state index in [9.17, 15) is 14.9 Å². The first-order valence-corrected chi connectivity index (χ1v) is 7.87. The Hall–Kier alpha value is -3.07. The number of nitrogens with one attached hydrogen (secondary N) is 1. The van der Waals surface area contributed by atoms with Gasteiger partial charge in [0, 0.05) is 5.70 Å². The highest BCUT2D eigenvalue weighted by Gasteiger charge is 2.39. The lowest BCUT2D eigenvalue weighted by Gasteiger charge is -2.29. The van der Waals surface area contributed by atoms with Crippen LogP contribution in [0, 0.1) is 11.3 Å². The van der Waals surface area contributed by atoms with Gasteiger partial charge in [-0.05, 0) is 26.3 Å². The zero-order chi connectivity index (χ0) is 18.6. The number of ether oxygens (including phenoxy) is 2. The van der Waals surface area contributed by atoms with Gasteiger partial charge in [0.15, 0.2) is 0 Å². The number of hydrogen-bond donors (Lipinski definition) is 1.